The average Bonchev–Trinajstić information content (AvgIpc) is 2.43. The Kier molecular flexibility index (Phi) is 4.85. The van der Waals surface area contributed by atoms with E-state index in [9.17, 15) is 17.6 Å². The van der Waals surface area contributed by atoms with Gasteiger partial charge in [0.2, 0.25) is 10.0 Å². The Labute approximate surface area is 127 Å². The minimum Gasteiger partial charge on any atom is -0.481 e. The highest BCUT2D eigenvalue weighted by molar-refractivity contribution is 7.88. The van der Waals surface area contributed by atoms with Gasteiger partial charge in [-0.1, -0.05) is 17.7 Å². The molecule has 21 heavy (non-hydrogen) atoms. The number of nitrogens with zero attached hydrogens (tertiary/aromatic N) is 1. The van der Waals surface area contributed by atoms with Crippen molar-refractivity contribution in [1.29, 1.82) is 0 Å². The van der Waals surface area contributed by atoms with E-state index in [1.54, 1.807) is 0 Å². The first kappa shape index (κ1) is 16.2. The van der Waals surface area contributed by atoms with Gasteiger partial charge >= 0.3 is 5.97 Å². The van der Waals surface area contributed by atoms with Crippen molar-refractivity contribution in [2.24, 2.45) is 5.92 Å². The molecule has 0 unspecified atom stereocenters. The first-order chi connectivity index (χ1) is 9.81. The van der Waals surface area contributed by atoms with Crippen LogP contribution in [0.5, 0.6) is 0 Å². The van der Waals surface area contributed by atoms with Gasteiger partial charge in [-0.25, -0.2) is 17.1 Å². The van der Waals surface area contributed by atoms with Crippen LogP contribution in [-0.2, 0) is 20.6 Å². The highest BCUT2D eigenvalue weighted by Gasteiger charge is 2.33. The van der Waals surface area contributed by atoms with E-state index in [-0.39, 0.29) is 23.7 Å². The second-order valence-corrected chi connectivity index (χ2v) is 7.37. The quantitative estimate of drug-likeness (QED) is 0.914. The predicted octanol–water partition coefficient (Wildman–Crippen LogP) is 2.11. The molecular formula is C13H15ClFNO4S. The summed E-state index contributed by atoms with van der Waals surface area (Å²) in [6.07, 6.45) is 0.920. The lowest BCUT2D eigenvalue weighted by Gasteiger charge is -2.30. The van der Waals surface area contributed by atoms with Gasteiger partial charge in [0.05, 0.1) is 11.7 Å². The van der Waals surface area contributed by atoms with Gasteiger partial charge in [0.15, 0.2) is 0 Å². The van der Waals surface area contributed by atoms with Crippen molar-refractivity contribution < 1.29 is 22.7 Å². The average molecular weight is 336 g/mol. The molecule has 0 saturated carbocycles. The summed E-state index contributed by atoms with van der Waals surface area (Å²) >= 11 is 5.84. The fraction of sp³-hybridized carbons (Fsp3) is 0.462. The van der Waals surface area contributed by atoms with E-state index in [1.807, 2.05) is 0 Å². The van der Waals surface area contributed by atoms with Crippen LogP contribution in [-0.4, -0.2) is 36.9 Å². The molecule has 5 nitrogen and oxygen atoms in total. The Balaban J connectivity index is 2.20. The minimum atomic E-state index is -3.80. The molecule has 0 aromatic heterocycles. The lowest BCUT2D eigenvalue weighted by molar-refractivity contribution is -0.142. The van der Waals surface area contributed by atoms with Crippen LogP contribution in [0.3, 0.4) is 0 Å². The number of halogens is 2. The molecule has 1 aliphatic rings. The Morgan fingerprint density at radius 3 is 2.81 bits per heavy atom. The molecule has 0 radical (unpaired) electrons. The lowest BCUT2D eigenvalue weighted by atomic mass is 10.0. The zero-order chi connectivity index (χ0) is 15.6. The summed E-state index contributed by atoms with van der Waals surface area (Å²) in [5, 5.41) is 9.04. The fourth-order valence-electron chi connectivity index (χ4n) is 2.34. The van der Waals surface area contributed by atoms with Crippen LogP contribution in [0.1, 0.15) is 18.4 Å². The van der Waals surface area contributed by atoms with Gasteiger partial charge in [0.1, 0.15) is 5.82 Å². The van der Waals surface area contributed by atoms with Crippen LogP contribution in [0, 0.1) is 11.7 Å². The van der Waals surface area contributed by atoms with E-state index < -0.39 is 33.5 Å². The second-order valence-electron chi connectivity index (χ2n) is 4.99. The number of rotatable bonds is 4. The molecule has 2 rings (SSSR count). The molecule has 1 aliphatic heterocycles. The molecule has 0 spiro atoms. The van der Waals surface area contributed by atoms with Gasteiger partial charge in [0.25, 0.3) is 0 Å². The van der Waals surface area contributed by atoms with E-state index in [2.05, 4.69) is 0 Å². The summed E-state index contributed by atoms with van der Waals surface area (Å²) in [6, 6.07) is 3.97. The summed E-state index contributed by atoms with van der Waals surface area (Å²) < 4.78 is 39.5. The number of aliphatic carboxylic acids is 1. The fourth-order valence-corrected chi connectivity index (χ4v) is 4.30. The third kappa shape index (κ3) is 3.72. The Morgan fingerprint density at radius 2 is 2.19 bits per heavy atom. The number of benzene rings is 1. The number of piperidine rings is 1. The number of hydrogen-bond acceptors (Lipinski definition) is 3. The van der Waals surface area contributed by atoms with Crippen molar-refractivity contribution in [3.63, 3.8) is 0 Å². The zero-order valence-electron chi connectivity index (χ0n) is 11.1. The topological polar surface area (TPSA) is 74.7 Å². The highest BCUT2D eigenvalue weighted by atomic mass is 35.5. The van der Waals surface area contributed by atoms with Crippen molar-refractivity contribution in [3.05, 3.63) is 34.6 Å². The SMILES string of the molecule is O=C(O)[C@@H]1CCCN(S(=O)(=O)Cc2c(F)cccc2Cl)C1. The molecule has 1 atom stereocenters. The molecule has 1 N–H and O–H groups in total. The largest absolute Gasteiger partial charge is 0.481 e. The van der Waals surface area contributed by atoms with Crippen molar-refractivity contribution in [3.8, 4) is 0 Å². The second kappa shape index (κ2) is 6.29. The molecule has 1 heterocycles. The molecule has 1 aromatic rings. The van der Waals surface area contributed by atoms with Crippen molar-refractivity contribution in [2.75, 3.05) is 13.1 Å². The first-order valence-corrected chi connectivity index (χ1v) is 8.43. The summed E-state index contributed by atoms with van der Waals surface area (Å²) in [6.45, 7) is 0.169. The molecule has 1 fully saturated rings. The molecule has 0 bridgehead atoms. The number of sulfonamides is 1. The number of carboxylic acids is 1. The lowest BCUT2D eigenvalue weighted by Crippen LogP contribution is -2.42. The number of carboxylic acid groups (broad SMARTS) is 1. The molecule has 1 aromatic carbocycles. The van der Waals surface area contributed by atoms with Crippen LogP contribution in [0.25, 0.3) is 0 Å². The summed E-state index contributed by atoms with van der Waals surface area (Å²) in [5.41, 5.74) is -0.0865. The van der Waals surface area contributed by atoms with E-state index >= 15 is 0 Å². The van der Waals surface area contributed by atoms with Crippen molar-refractivity contribution in [1.82, 2.24) is 4.31 Å². The molecular weight excluding hydrogens is 321 g/mol. The van der Waals surface area contributed by atoms with Crippen molar-refractivity contribution in [2.45, 2.75) is 18.6 Å². The Morgan fingerprint density at radius 1 is 1.48 bits per heavy atom. The van der Waals surface area contributed by atoms with Gasteiger partial charge in [0, 0.05) is 23.7 Å². The van der Waals surface area contributed by atoms with Crippen molar-refractivity contribution >= 4 is 27.6 Å². The maximum absolute atomic E-state index is 13.7. The smallest absolute Gasteiger partial charge is 0.307 e. The van der Waals surface area contributed by atoms with E-state index in [0.717, 1.165) is 10.4 Å². The highest BCUT2D eigenvalue weighted by Crippen LogP contribution is 2.25. The summed E-state index contributed by atoms with van der Waals surface area (Å²) in [5.74, 6) is -2.98. The van der Waals surface area contributed by atoms with E-state index in [4.69, 9.17) is 16.7 Å². The summed E-state index contributed by atoms with van der Waals surface area (Å²) in [7, 11) is -3.80. The Hall–Kier alpha value is -1.18. The maximum atomic E-state index is 13.7. The number of carbonyl (C=O) groups is 1. The van der Waals surface area contributed by atoms with Gasteiger partial charge < -0.3 is 5.11 Å². The third-order valence-corrected chi connectivity index (χ3v) is 5.64. The molecule has 8 heteroatoms. The maximum Gasteiger partial charge on any atom is 0.307 e. The molecule has 0 amide bonds. The van der Waals surface area contributed by atoms with Gasteiger partial charge in [-0.3, -0.25) is 4.79 Å². The molecule has 116 valence electrons. The molecule has 0 aliphatic carbocycles. The zero-order valence-corrected chi connectivity index (χ0v) is 12.7. The van der Waals surface area contributed by atoms with Crippen LogP contribution in [0.2, 0.25) is 5.02 Å². The van der Waals surface area contributed by atoms with Gasteiger partial charge in [-0.2, -0.15) is 0 Å². The molecule has 1 saturated heterocycles. The first-order valence-electron chi connectivity index (χ1n) is 6.45. The monoisotopic (exact) mass is 335 g/mol. The standard InChI is InChI=1S/C13H15ClFNO4S/c14-11-4-1-5-12(15)10(11)8-21(19,20)16-6-2-3-9(7-16)13(17)18/h1,4-5,9H,2-3,6-8H2,(H,17,18)/t9-/m1/s1. The van der Waals surface area contributed by atoms with Crippen LogP contribution in [0.15, 0.2) is 18.2 Å². The normalized spacial score (nSPS) is 20.4. The summed E-state index contributed by atoms with van der Waals surface area (Å²) in [4.78, 5) is 11.0. The van der Waals surface area contributed by atoms with E-state index in [1.165, 1.54) is 12.1 Å². The van der Waals surface area contributed by atoms with Crippen LogP contribution in [0.4, 0.5) is 4.39 Å². The van der Waals surface area contributed by atoms with Crippen LogP contribution >= 0.6 is 11.6 Å². The Bertz CT molecular complexity index is 629. The minimum absolute atomic E-state index is 0.0466. The van der Waals surface area contributed by atoms with Gasteiger partial charge in [-0.05, 0) is 25.0 Å². The predicted molar refractivity (Wildman–Crippen MR) is 76.0 cm³/mol. The third-order valence-electron chi connectivity index (χ3n) is 3.52. The number of hydrogen-bond donors (Lipinski definition) is 1. The van der Waals surface area contributed by atoms with Crippen LogP contribution < -0.4 is 0 Å². The van der Waals surface area contributed by atoms with Gasteiger partial charge in [-0.15, -0.1) is 0 Å². The van der Waals surface area contributed by atoms with E-state index in [0.29, 0.717) is 12.8 Å².